The molecule has 0 saturated heterocycles. The number of nitro benzene ring substituents is 1. The minimum atomic E-state index is -0.467. The molecule has 2 rings (SSSR count). The number of ether oxygens (including phenoxy) is 1. The van der Waals surface area contributed by atoms with Crippen molar-refractivity contribution in [2.45, 2.75) is 53.1 Å². The maximum absolute atomic E-state index is 12.4. The molecule has 0 aliphatic heterocycles. The molecule has 0 aromatic heterocycles. The highest BCUT2D eigenvalue weighted by molar-refractivity contribution is 5.90. The van der Waals surface area contributed by atoms with Crippen molar-refractivity contribution in [3.8, 4) is 0 Å². The van der Waals surface area contributed by atoms with Crippen molar-refractivity contribution in [3.63, 3.8) is 0 Å². The highest BCUT2D eigenvalue weighted by atomic mass is 16.6. The van der Waals surface area contributed by atoms with Crippen molar-refractivity contribution < 1.29 is 14.5 Å². The van der Waals surface area contributed by atoms with Crippen LogP contribution >= 0.6 is 0 Å². The van der Waals surface area contributed by atoms with E-state index in [1.807, 2.05) is 0 Å². The van der Waals surface area contributed by atoms with Crippen LogP contribution in [0.25, 0.3) is 0 Å². The lowest BCUT2D eigenvalue weighted by Gasteiger charge is -2.36. The van der Waals surface area contributed by atoms with Crippen molar-refractivity contribution in [1.29, 1.82) is 0 Å². The number of benzene rings is 1. The van der Waals surface area contributed by atoms with Gasteiger partial charge in [0.05, 0.1) is 10.5 Å². The summed E-state index contributed by atoms with van der Waals surface area (Å²) in [6.07, 6.45) is 2.98. The lowest BCUT2D eigenvalue weighted by Crippen LogP contribution is -2.35. The number of hydrogen-bond donors (Lipinski definition) is 0. The molecule has 126 valence electrons. The van der Waals surface area contributed by atoms with Gasteiger partial charge in [-0.25, -0.2) is 4.79 Å². The Bertz CT molecular complexity index is 597. The third-order valence-electron chi connectivity index (χ3n) is 4.86. The number of carbonyl (C=O) groups excluding carboxylic acids is 1. The number of carbonyl (C=O) groups is 1. The standard InChI is InChI=1S/C18H25NO4/c1-11(2)15-8-5-12(3)9-17(15)23-18(20)14-7-6-13(4)16(10-14)19(21)22/h6-7,10-12,15,17H,5,8-9H2,1-4H3. The van der Waals surface area contributed by atoms with Gasteiger partial charge in [-0.1, -0.05) is 33.3 Å². The Balaban J connectivity index is 2.17. The maximum atomic E-state index is 12.4. The first-order valence-electron chi connectivity index (χ1n) is 8.25. The van der Waals surface area contributed by atoms with Gasteiger partial charge in [0.1, 0.15) is 6.10 Å². The van der Waals surface area contributed by atoms with Gasteiger partial charge in [0.15, 0.2) is 0 Å². The van der Waals surface area contributed by atoms with Crippen molar-refractivity contribution in [2.24, 2.45) is 17.8 Å². The molecule has 0 N–H and O–H groups in total. The first-order valence-corrected chi connectivity index (χ1v) is 8.25. The molecule has 3 atom stereocenters. The molecule has 1 fully saturated rings. The fourth-order valence-electron chi connectivity index (χ4n) is 3.39. The first kappa shape index (κ1) is 17.4. The molecule has 0 heterocycles. The molecule has 1 aliphatic carbocycles. The highest BCUT2D eigenvalue weighted by Crippen LogP contribution is 2.35. The van der Waals surface area contributed by atoms with Gasteiger partial charge in [-0.2, -0.15) is 0 Å². The summed E-state index contributed by atoms with van der Waals surface area (Å²) in [6.45, 7) is 8.13. The van der Waals surface area contributed by atoms with Crippen LogP contribution in [0.3, 0.4) is 0 Å². The molecule has 1 aromatic carbocycles. The Morgan fingerprint density at radius 1 is 1.35 bits per heavy atom. The Hall–Kier alpha value is -1.91. The zero-order valence-corrected chi connectivity index (χ0v) is 14.2. The highest BCUT2D eigenvalue weighted by Gasteiger charge is 2.33. The van der Waals surface area contributed by atoms with E-state index in [1.54, 1.807) is 19.1 Å². The SMILES string of the molecule is Cc1ccc(C(=O)OC2CC(C)CCC2C(C)C)cc1[N+](=O)[O-]. The monoisotopic (exact) mass is 319 g/mol. The number of nitro groups is 1. The summed E-state index contributed by atoms with van der Waals surface area (Å²) in [5, 5.41) is 11.0. The van der Waals surface area contributed by atoms with E-state index in [4.69, 9.17) is 4.74 Å². The molecule has 0 spiro atoms. The predicted molar refractivity (Wildman–Crippen MR) is 88.4 cm³/mol. The summed E-state index contributed by atoms with van der Waals surface area (Å²) in [5.41, 5.74) is 0.748. The maximum Gasteiger partial charge on any atom is 0.338 e. The zero-order valence-electron chi connectivity index (χ0n) is 14.2. The fourth-order valence-corrected chi connectivity index (χ4v) is 3.39. The van der Waals surface area contributed by atoms with Crippen LogP contribution < -0.4 is 0 Å². The Morgan fingerprint density at radius 3 is 2.65 bits per heavy atom. The molecule has 23 heavy (non-hydrogen) atoms. The number of nitrogens with zero attached hydrogens (tertiary/aromatic N) is 1. The first-order chi connectivity index (χ1) is 10.8. The molecular weight excluding hydrogens is 294 g/mol. The van der Waals surface area contributed by atoms with Crippen molar-refractivity contribution in [2.75, 3.05) is 0 Å². The van der Waals surface area contributed by atoms with E-state index >= 15 is 0 Å². The third-order valence-corrected chi connectivity index (χ3v) is 4.86. The summed E-state index contributed by atoms with van der Waals surface area (Å²) >= 11 is 0. The predicted octanol–water partition coefficient (Wildman–Crippen LogP) is 4.52. The third kappa shape index (κ3) is 4.09. The van der Waals surface area contributed by atoms with Gasteiger partial charge < -0.3 is 4.74 Å². The Labute approximate surface area is 137 Å². The van der Waals surface area contributed by atoms with E-state index in [-0.39, 0.29) is 17.4 Å². The minimum Gasteiger partial charge on any atom is -0.458 e. The molecule has 3 unspecified atom stereocenters. The smallest absolute Gasteiger partial charge is 0.338 e. The average Bonchev–Trinajstić information content (AvgIpc) is 2.46. The molecule has 1 saturated carbocycles. The van der Waals surface area contributed by atoms with E-state index in [0.717, 1.165) is 19.3 Å². The van der Waals surface area contributed by atoms with Gasteiger partial charge in [-0.15, -0.1) is 0 Å². The van der Waals surface area contributed by atoms with Crippen LogP contribution in [0.1, 0.15) is 56.0 Å². The van der Waals surface area contributed by atoms with Crippen LogP contribution in [-0.2, 0) is 4.74 Å². The number of rotatable bonds is 4. The Kier molecular flexibility index (Phi) is 5.39. The van der Waals surface area contributed by atoms with Gasteiger partial charge in [0, 0.05) is 11.6 Å². The molecule has 1 aromatic rings. The van der Waals surface area contributed by atoms with Gasteiger partial charge in [-0.3, -0.25) is 10.1 Å². The van der Waals surface area contributed by atoms with Gasteiger partial charge >= 0.3 is 5.97 Å². The quantitative estimate of drug-likeness (QED) is 0.465. The lowest BCUT2D eigenvalue weighted by molar-refractivity contribution is -0.385. The number of hydrogen-bond acceptors (Lipinski definition) is 4. The Morgan fingerprint density at radius 2 is 2.04 bits per heavy atom. The second-order valence-electron chi connectivity index (χ2n) is 7.03. The summed E-state index contributed by atoms with van der Waals surface area (Å²) in [7, 11) is 0. The second-order valence-corrected chi connectivity index (χ2v) is 7.03. The molecule has 0 radical (unpaired) electrons. The van der Waals surface area contributed by atoms with Crippen LogP contribution in [0.15, 0.2) is 18.2 Å². The summed E-state index contributed by atoms with van der Waals surface area (Å²) in [5.74, 6) is 0.885. The topological polar surface area (TPSA) is 69.4 Å². The lowest BCUT2D eigenvalue weighted by atomic mass is 9.75. The van der Waals surface area contributed by atoms with Crippen molar-refractivity contribution in [1.82, 2.24) is 0 Å². The molecule has 5 nitrogen and oxygen atoms in total. The molecule has 1 aliphatic rings. The van der Waals surface area contributed by atoms with Crippen LogP contribution in [0.4, 0.5) is 5.69 Å². The van der Waals surface area contributed by atoms with E-state index in [1.165, 1.54) is 6.07 Å². The van der Waals surface area contributed by atoms with Crippen LogP contribution in [0.5, 0.6) is 0 Å². The molecule has 0 bridgehead atoms. The minimum absolute atomic E-state index is 0.0446. The normalized spacial score (nSPS) is 24.5. The van der Waals surface area contributed by atoms with Gasteiger partial charge in [0.25, 0.3) is 5.69 Å². The number of aryl methyl sites for hydroxylation is 1. The van der Waals surface area contributed by atoms with E-state index in [9.17, 15) is 14.9 Å². The molecular formula is C18H25NO4. The zero-order chi connectivity index (χ0) is 17.1. The largest absolute Gasteiger partial charge is 0.458 e. The fraction of sp³-hybridized carbons (Fsp3) is 0.611. The van der Waals surface area contributed by atoms with Gasteiger partial charge in [-0.05, 0) is 43.6 Å². The summed E-state index contributed by atoms with van der Waals surface area (Å²) in [6, 6.07) is 4.51. The second kappa shape index (κ2) is 7.11. The van der Waals surface area contributed by atoms with Crippen LogP contribution in [-0.4, -0.2) is 17.0 Å². The molecule has 5 heteroatoms. The van der Waals surface area contributed by atoms with E-state index in [2.05, 4.69) is 20.8 Å². The molecule has 0 amide bonds. The number of esters is 1. The van der Waals surface area contributed by atoms with Crippen molar-refractivity contribution >= 4 is 11.7 Å². The van der Waals surface area contributed by atoms with Crippen LogP contribution in [0, 0.1) is 34.8 Å². The summed E-state index contributed by atoms with van der Waals surface area (Å²) < 4.78 is 5.73. The van der Waals surface area contributed by atoms with E-state index < -0.39 is 10.9 Å². The summed E-state index contributed by atoms with van der Waals surface area (Å²) in [4.78, 5) is 23.0. The van der Waals surface area contributed by atoms with Crippen molar-refractivity contribution in [3.05, 3.63) is 39.4 Å². The van der Waals surface area contributed by atoms with Crippen LogP contribution in [0.2, 0.25) is 0 Å². The average molecular weight is 319 g/mol. The van der Waals surface area contributed by atoms with E-state index in [0.29, 0.717) is 23.3 Å². The van der Waals surface area contributed by atoms with Gasteiger partial charge in [0.2, 0.25) is 0 Å².